The Morgan fingerprint density at radius 1 is 1.30 bits per heavy atom. The molecule has 3 heterocycles. The Labute approximate surface area is 121 Å². The summed E-state index contributed by atoms with van der Waals surface area (Å²) in [5.74, 6) is 1.32. The van der Waals surface area contributed by atoms with E-state index in [1.165, 1.54) is 11.8 Å². The Morgan fingerprint density at radius 3 is 2.90 bits per heavy atom. The number of thioether (sulfide) groups is 1. The Kier molecular flexibility index (Phi) is 3.96. The molecule has 104 valence electrons. The molecule has 6 nitrogen and oxygen atoms in total. The normalized spacial score (nSPS) is 14.7. The first-order chi connectivity index (χ1) is 9.84. The number of carbonyl (C=O) groups is 1. The van der Waals surface area contributed by atoms with Gasteiger partial charge in [-0.2, -0.15) is 0 Å². The number of amides is 1. The zero-order valence-corrected chi connectivity index (χ0v) is 11.8. The summed E-state index contributed by atoms with van der Waals surface area (Å²) in [7, 11) is 0. The summed E-state index contributed by atoms with van der Waals surface area (Å²) in [4.78, 5) is 18.2. The molecule has 1 fully saturated rings. The molecule has 2 aromatic heterocycles. The van der Waals surface area contributed by atoms with Gasteiger partial charge >= 0.3 is 0 Å². The molecule has 1 aliphatic rings. The first-order valence-corrected chi connectivity index (χ1v) is 7.55. The number of likely N-dealkylation sites (tertiary alicyclic amines) is 1. The van der Waals surface area contributed by atoms with E-state index in [9.17, 15) is 4.79 Å². The van der Waals surface area contributed by atoms with E-state index in [4.69, 9.17) is 0 Å². The SMILES string of the molecule is O=C(CSc1nncn1-c1ccccn1)N1CCCC1. The van der Waals surface area contributed by atoms with Crippen LogP contribution in [0.3, 0.4) is 0 Å². The summed E-state index contributed by atoms with van der Waals surface area (Å²) in [6.07, 6.45) is 5.56. The Morgan fingerprint density at radius 2 is 2.15 bits per heavy atom. The molecule has 2 aromatic rings. The lowest BCUT2D eigenvalue weighted by molar-refractivity contribution is -0.127. The Hall–Kier alpha value is -1.89. The van der Waals surface area contributed by atoms with Gasteiger partial charge in [-0.15, -0.1) is 10.2 Å². The number of rotatable bonds is 4. The molecule has 0 saturated carbocycles. The summed E-state index contributed by atoms with van der Waals surface area (Å²) in [6.45, 7) is 1.76. The fourth-order valence-corrected chi connectivity index (χ4v) is 2.98. The van der Waals surface area contributed by atoms with Crippen molar-refractivity contribution in [2.24, 2.45) is 0 Å². The van der Waals surface area contributed by atoms with Gasteiger partial charge in [0.2, 0.25) is 5.91 Å². The van der Waals surface area contributed by atoms with Gasteiger partial charge in [-0.1, -0.05) is 17.8 Å². The van der Waals surface area contributed by atoms with E-state index in [1.54, 1.807) is 17.1 Å². The van der Waals surface area contributed by atoms with Crippen molar-refractivity contribution in [1.82, 2.24) is 24.6 Å². The van der Waals surface area contributed by atoms with Gasteiger partial charge in [0.25, 0.3) is 0 Å². The average molecular weight is 289 g/mol. The first-order valence-electron chi connectivity index (χ1n) is 6.56. The minimum atomic E-state index is 0.170. The van der Waals surface area contributed by atoms with Gasteiger partial charge in [0.05, 0.1) is 5.75 Å². The van der Waals surface area contributed by atoms with Crippen molar-refractivity contribution in [3.8, 4) is 5.82 Å². The van der Waals surface area contributed by atoms with E-state index in [0.717, 1.165) is 31.7 Å². The van der Waals surface area contributed by atoms with Crippen molar-refractivity contribution in [2.75, 3.05) is 18.8 Å². The van der Waals surface area contributed by atoms with Gasteiger partial charge < -0.3 is 4.90 Å². The van der Waals surface area contributed by atoms with Crippen LogP contribution in [-0.2, 0) is 4.79 Å². The lowest BCUT2D eigenvalue weighted by Crippen LogP contribution is -2.29. The molecule has 0 aromatic carbocycles. The lowest BCUT2D eigenvalue weighted by atomic mass is 10.4. The van der Waals surface area contributed by atoms with Crippen molar-refractivity contribution in [2.45, 2.75) is 18.0 Å². The van der Waals surface area contributed by atoms with Crippen LogP contribution < -0.4 is 0 Å². The highest BCUT2D eigenvalue weighted by molar-refractivity contribution is 7.99. The van der Waals surface area contributed by atoms with Crippen molar-refractivity contribution < 1.29 is 4.79 Å². The number of aromatic nitrogens is 4. The largest absolute Gasteiger partial charge is 0.342 e. The standard InChI is InChI=1S/C13H15N5OS/c19-12(17-7-3-4-8-17)9-20-13-16-15-10-18(13)11-5-1-2-6-14-11/h1-2,5-6,10H,3-4,7-9H2. The number of pyridine rings is 1. The molecule has 0 N–H and O–H groups in total. The molecule has 0 spiro atoms. The Balaban J connectivity index is 1.66. The van der Waals surface area contributed by atoms with Crippen LogP contribution in [0, 0.1) is 0 Å². The molecule has 0 bridgehead atoms. The van der Waals surface area contributed by atoms with Gasteiger partial charge in [-0.3, -0.25) is 9.36 Å². The van der Waals surface area contributed by atoms with Gasteiger partial charge in [0.1, 0.15) is 12.1 Å². The zero-order valence-electron chi connectivity index (χ0n) is 11.0. The smallest absolute Gasteiger partial charge is 0.233 e. The van der Waals surface area contributed by atoms with Crippen molar-refractivity contribution in [1.29, 1.82) is 0 Å². The summed E-state index contributed by atoms with van der Waals surface area (Å²) in [5, 5.41) is 8.65. The molecule has 0 atom stereocenters. The second kappa shape index (κ2) is 6.04. The van der Waals surface area contributed by atoms with Gasteiger partial charge in [0.15, 0.2) is 5.16 Å². The molecule has 0 radical (unpaired) electrons. The van der Waals surface area contributed by atoms with E-state index < -0.39 is 0 Å². The van der Waals surface area contributed by atoms with Crippen LogP contribution in [0.2, 0.25) is 0 Å². The molecule has 0 unspecified atom stereocenters. The highest BCUT2D eigenvalue weighted by atomic mass is 32.2. The highest BCUT2D eigenvalue weighted by Gasteiger charge is 2.19. The van der Waals surface area contributed by atoms with E-state index in [-0.39, 0.29) is 5.91 Å². The Bertz CT molecular complexity index is 579. The fourth-order valence-electron chi connectivity index (χ4n) is 2.16. The average Bonchev–Trinajstić information content (AvgIpc) is 3.17. The van der Waals surface area contributed by atoms with Gasteiger partial charge in [-0.05, 0) is 25.0 Å². The molecule has 0 aliphatic carbocycles. The molecule has 1 saturated heterocycles. The maximum absolute atomic E-state index is 12.0. The molecule has 1 amide bonds. The fraction of sp³-hybridized carbons (Fsp3) is 0.385. The summed E-state index contributed by atoms with van der Waals surface area (Å²) < 4.78 is 1.79. The number of hydrogen-bond acceptors (Lipinski definition) is 5. The van der Waals surface area contributed by atoms with Crippen LogP contribution in [0.15, 0.2) is 35.9 Å². The van der Waals surface area contributed by atoms with Crippen LogP contribution in [0.25, 0.3) is 5.82 Å². The second-order valence-electron chi connectivity index (χ2n) is 4.55. The second-order valence-corrected chi connectivity index (χ2v) is 5.49. The third-order valence-corrected chi connectivity index (χ3v) is 4.12. The predicted molar refractivity (Wildman–Crippen MR) is 75.7 cm³/mol. The van der Waals surface area contributed by atoms with Crippen LogP contribution in [0.4, 0.5) is 0 Å². The quantitative estimate of drug-likeness (QED) is 0.796. The van der Waals surface area contributed by atoms with E-state index in [1.807, 2.05) is 23.1 Å². The summed E-state index contributed by atoms with van der Waals surface area (Å²) in [6, 6.07) is 5.65. The van der Waals surface area contributed by atoms with E-state index in [2.05, 4.69) is 15.2 Å². The van der Waals surface area contributed by atoms with Crippen LogP contribution in [-0.4, -0.2) is 49.4 Å². The predicted octanol–water partition coefficient (Wildman–Crippen LogP) is 1.38. The third kappa shape index (κ3) is 2.82. The molecule has 20 heavy (non-hydrogen) atoms. The number of carbonyl (C=O) groups excluding carboxylic acids is 1. The van der Waals surface area contributed by atoms with E-state index in [0.29, 0.717) is 10.9 Å². The third-order valence-electron chi connectivity index (χ3n) is 3.20. The topological polar surface area (TPSA) is 63.9 Å². The first kappa shape index (κ1) is 13.1. The maximum Gasteiger partial charge on any atom is 0.233 e. The van der Waals surface area contributed by atoms with E-state index >= 15 is 0 Å². The molecule has 7 heteroatoms. The van der Waals surface area contributed by atoms with Crippen LogP contribution in [0.1, 0.15) is 12.8 Å². The van der Waals surface area contributed by atoms with Crippen LogP contribution in [0.5, 0.6) is 0 Å². The monoisotopic (exact) mass is 289 g/mol. The highest BCUT2D eigenvalue weighted by Crippen LogP contribution is 2.19. The van der Waals surface area contributed by atoms with Gasteiger partial charge in [-0.25, -0.2) is 4.98 Å². The number of hydrogen-bond donors (Lipinski definition) is 0. The van der Waals surface area contributed by atoms with Crippen molar-refractivity contribution >= 4 is 17.7 Å². The lowest BCUT2D eigenvalue weighted by Gasteiger charge is -2.14. The summed E-state index contributed by atoms with van der Waals surface area (Å²) in [5.41, 5.74) is 0. The maximum atomic E-state index is 12.0. The van der Waals surface area contributed by atoms with Crippen molar-refractivity contribution in [3.63, 3.8) is 0 Å². The minimum absolute atomic E-state index is 0.170. The molecular formula is C13H15N5OS. The summed E-state index contributed by atoms with van der Waals surface area (Å²) >= 11 is 1.40. The van der Waals surface area contributed by atoms with Crippen molar-refractivity contribution in [3.05, 3.63) is 30.7 Å². The molecule has 3 rings (SSSR count). The zero-order chi connectivity index (χ0) is 13.8. The molecular weight excluding hydrogens is 274 g/mol. The number of nitrogens with zero attached hydrogens (tertiary/aromatic N) is 5. The minimum Gasteiger partial charge on any atom is -0.342 e. The van der Waals surface area contributed by atoms with Crippen LogP contribution >= 0.6 is 11.8 Å². The molecule has 1 aliphatic heterocycles. The van der Waals surface area contributed by atoms with Gasteiger partial charge in [0, 0.05) is 19.3 Å².